The average molecular weight is 612 g/mol. The Labute approximate surface area is 249 Å². The molecule has 3 atom stereocenters. The van der Waals surface area contributed by atoms with Crippen LogP contribution in [0.5, 0.6) is 5.75 Å². The van der Waals surface area contributed by atoms with Crippen LogP contribution in [0.4, 0.5) is 8.78 Å². The number of carbonyl (C=O) groups is 3. The maximum atomic E-state index is 14.4. The standard InChI is InChI=1S/C29H40ClF2N5O5/c1-3-29(28(40)41)12-5-4-7-18(29)27(39)37-14-11-17-19(30)9-10-22(42-16-20(33)25(26(31)32)35(2)34)24(17)21(37)15-36-13-6-8-23(36)38/h9-10,18,21,26H,3-8,11-16,33-34H2,1-2H3,(H,40,41)/b25-20-/t18-,21+,29-/m0/s1. The van der Waals surface area contributed by atoms with Gasteiger partial charge in [-0.1, -0.05) is 31.4 Å². The van der Waals surface area contributed by atoms with E-state index in [1.54, 1.807) is 21.9 Å². The molecule has 5 N–H and O–H groups in total. The number of carbonyl (C=O) groups excluding carboxylic acids is 2. The summed E-state index contributed by atoms with van der Waals surface area (Å²) < 4.78 is 33.2. The molecule has 0 aromatic heterocycles. The number of carboxylic acids is 1. The zero-order valence-electron chi connectivity index (χ0n) is 24.1. The van der Waals surface area contributed by atoms with Crippen molar-refractivity contribution in [2.24, 2.45) is 22.9 Å². The molecule has 10 nitrogen and oxygen atoms in total. The average Bonchev–Trinajstić information content (AvgIpc) is 3.35. The Morgan fingerprint density at radius 1 is 1.24 bits per heavy atom. The van der Waals surface area contributed by atoms with Crippen molar-refractivity contribution in [3.05, 3.63) is 39.7 Å². The molecule has 1 saturated carbocycles. The minimum Gasteiger partial charge on any atom is -0.487 e. The third-order valence-electron chi connectivity index (χ3n) is 9.11. The number of halogens is 3. The van der Waals surface area contributed by atoms with E-state index in [0.717, 1.165) is 23.4 Å². The van der Waals surface area contributed by atoms with Gasteiger partial charge in [0.15, 0.2) is 0 Å². The lowest BCUT2D eigenvalue weighted by molar-refractivity contribution is -0.164. The van der Waals surface area contributed by atoms with E-state index in [-0.39, 0.29) is 30.6 Å². The minimum absolute atomic E-state index is 0.0372. The molecule has 42 heavy (non-hydrogen) atoms. The van der Waals surface area contributed by atoms with E-state index in [1.165, 1.54) is 7.05 Å². The van der Waals surface area contributed by atoms with Gasteiger partial charge in [-0.15, -0.1) is 0 Å². The molecule has 2 fully saturated rings. The van der Waals surface area contributed by atoms with E-state index < -0.39 is 42.1 Å². The van der Waals surface area contributed by atoms with Crippen LogP contribution < -0.4 is 16.3 Å². The molecule has 0 spiro atoms. The van der Waals surface area contributed by atoms with Gasteiger partial charge in [0.25, 0.3) is 6.43 Å². The van der Waals surface area contributed by atoms with E-state index in [9.17, 15) is 28.3 Å². The van der Waals surface area contributed by atoms with Crippen molar-refractivity contribution in [1.29, 1.82) is 0 Å². The number of carboxylic acid groups (broad SMARTS) is 1. The number of hydrogen-bond acceptors (Lipinski definition) is 7. The highest BCUT2D eigenvalue weighted by molar-refractivity contribution is 6.31. The summed E-state index contributed by atoms with van der Waals surface area (Å²) in [5, 5.41) is 11.5. The number of nitrogens with zero attached hydrogens (tertiary/aromatic N) is 3. The first kappa shape index (κ1) is 31.8. The van der Waals surface area contributed by atoms with E-state index in [1.807, 2.05) is 6.92 Å². The normalized spacial score (nSPS) is 24.9. The van der Waals surface area contributed by atoms with E-state index in [4.69, 9.17) is 27.9 Å². The molecule has 0 radical (unpaired) electrons. The highest BCUT2D eigenvalue weighted by atomic mass is 35.5. The summed E-state index contributed by atoms with van der Waals surface area (Å²) >= 11 is 6.63. The van der Waals surface area contributed by atoms with Crippen LogP contribution in [0.1, 0.15) is 69.0 Å². The number of fused-ring (bicyclic) bond motifs is 1. The number of benzene rings is 1. The topological polar surface area (TPSA) is 142 Å². The van der Waals surface area contributed by atoms with Gasteiger partial charge in [-0.3, -0.25) is 14.4 Å². The molecule has 232 valence electrons. The zero-order valence-corrected chi connectivity index (χ0v) is 24.8. The molecule has 1 aromatic rings. The summed E-state index contributed by atoms with van der Waals surface area (Å²) in [5.41, 5.74) is 5.26. The van der Waals surface area contributed by atoms with Gasteiger partial charge in [0, 0.05) is 43.7 Å². The van der Waals surface area contributed by atoms with E-state index in [2.05, 4.69) is 0 Å². The maximum absolute atomic E-state index is 14.4. The number of likely N-dealkylation sites (tertiary alicyclic amines) is 1. The first-order valence-electron chi connectivity index (χ1n) is 14.4. The lowest BCUT2D eigenvalue weighted by Gasteiger charge is -2.46. The number of alkyl halides is 2. The van der Waals surface area contributed by atoms with Gasteiger partial charge in [0.1, 0.15) is 18.1 Å². The van der Waals surface area contributed by atoms with Crippen LogP contribution in [-0.2, 0) is 20.8 Å². The van der Waals surface area contributed by atoms with Gasteiger partial charge in [0.2, 0.25) is 11.8 Å². The number of hydrazine groups is 1. The van der Waals surface area contributed by atoms with Gasteiger partial charge < -0.3 is 30.4 Å². The fraction of sp³-hybridized carbons (Fsp3) is 0.621. The molecule has 2 amide bonds. The number of nitrogens with two attached hydrogens (primary N) is 2. The fourth-order valence-electron chi connectivity index (χ4n) is 6.85. The molecule has 1 aromatic carbocycles. The molecular weight excluding hydrogens is 572 g/mol. The molecule has 0 bridgehead atoms. The summed E-state index contributed by atoms with van der Waals surface area (Å²) in [6.45, 7) is 2.39. The van der Waals surface area contributed by atoms with Crippen molar-refractivity contribution in [3.63, 3.8) is 0 Å². The molecule has 2 heterocycles. The second kappa shape index (κ2) is 13.0. The summed E-state index contributed by atoms with van der Waals surface area (Å²) in [6.07, 6.45) is 1.23. The molecule has 2 aliphatic heterocycles. The Morgan fingerprint density at radius 3 is 2.57 bits per heavy atom. The number of rotatable bonds is 10. The second-order valence-corrected chi connectivity index (χ2v) is 11.8. The van der Waals surface area contributed by atoms with Crippen LogP contribution in [0.2, 0.25) is 5.02 Å². The van der Waals surface area contributed by atoms with Gasteiger partial charge in [-0.05, 0) is 49.8 Å². The van der Waals surface area contributed by atoms with Gasteiger partial charge >= 0.3 is 5.97 Å². The number of hydrogen-bond donors (Lipinski definition) is 3. The molecule has 0 unspecified atom stereocenters. The van der Waals surface area contributed by atoms with E-state index in [0.29, 0.717) is 61.4 Å². The quantitative estimate of drug-likeness (QED) is 0.269. The van der Waals surface area contributed by atoms with Gasteiger partial charge in [-0.2, -0.15) is 0 Å². The van der Waals surface area contributed by atoms with Crippen LogP contribution in [0.15, 0.2) is 23.5 Å². The Hall–Kier alpha value is -3.12. The van der Waals surface area contributed by atoms with Crippen molar-refractivity contribution < 1.29 is 33.0 Å². The first-order valence-corrected chi connectivity index (χ1v) is 14.8. The Balaban J connectivity index is 1.77. The van der Waals surface area contributed by atoms with Crippen molar-refractivity contribution in [3.8, 4) is 5.75 Å². The Bertz CT molecular complexity index is 1240. The largest absolute Gasteiger partial charge is 0.487 e. The van der Waals surface area contributed by atoms with Gasteiger partial charge in [0.05, 0.1) is 23.1 Å². The van der Waals surface area contributed by atoms with E-state index >= 15 is 0 Å². The summed E-state index contributed by atoms with van der Waals surface area (Å²) in [5.74, 6) is 3.86. The molecule has 1 saturated heterocycles. The molecule has 3 aliphatic rings. The molecule has 1 aliphatic carbocycles. The zero-order chi connectivity index (χ0) is 30.8. The molecular formula is C29H40ClF2N5O5. The minimum atomic E-state index is -2.92. The maximum Gasteiger partial charge on any atom is 0.310 e. The summed E-state index contributed by atoms with van der Waals surface area (Å²) in [7, 11) is 1.25. The van der Waals surface area contributed by atoms with Crippen LogP contribution in [0.25, 0.3) is 0 Å². The van der Waals surface area contributed by atoms with Crippen LogP contribution >= 0.6 is 11.6 Å². The van der Waals surface area contributed by atoms with Crippen molar-refractivity contribution in [2.45, 2.75) is 70.8 Å². The first-order chi connectivity index (χ1) is 19.9. The number of amides is 2. The lowest BCUT2D eigenvalue weighted by Crippen LogP contribution is -2.53. The third kappa shape index (κ3) is 6.01. The summed E-state index contributed by atoms with van der Waals surface area (Å²) in [4.78, 5) is 43.0. The predicted molar refractivity (Wildman–Crippen MR) is 152 cm³/mol. The Morgan fingerprint density at radius 2 is 1.98 bits per heavy atom. The second-order valence-electron chi connectivity index (χ2n) is 11.4. The van der Waals surface area contributed by atoms with Crippen LogP contribution in [0.3, 0.4) is 0 Å². The number of allylic oxidation sites excluding steroid dienone is 1. The van der Waals surface area contributed by atoms with Crippen molar-refractivity contribution >= 4 is 29.4 Å². The lowest BCUT2D eigenvalue weighted by atomic mass is 9.64. The van der Waals surface area contributed by atoms with Gasteiger partial charge in [-0.25, -0.2) is 14.6 Å². The van der Waals surface area contributed by atoms with Crippen molar-refractivity contribution in [1.82, 2.24) is 14.8 Å². The fourth-order valence-corrected chi connectivity index (χ4v) is 7.10. The molecule has 4 rings (SSSR count). The monoisotopic (exact) mass is 611 g/mol. The third-order valence-corrected chi connectivity index (χ3v) is 9.46. The van der Waals surface area contributed by atoms with Crippen LogP contribution in [-0.4, -0.2) is 77.4 Å². The van der Waals surface area contributed by atoms with Crippen molar-refractivity contribution in [2.75, 3.05) is 33.3 Å². The SMILES string of the molecule is CC[C@]1(C(=O)O)CCCC[C@H]1C(=O)N1CCc2c(Cl)ccc(OC/C(N)=C(\C(F)F)N(C)N)c2[C@H]1CN1CCCC1=O. The Kier molecular flexibility index (Phi) is 9.87. The number of ether oxygens (including phenoxy) is 1. The highest BCUT2D eigenvalue weighted by Gasteiger charge is 2.52. The highest BCUT2D eigenvalue weighted by Crippen LogP contribution is 2.48. The molecule has 13 heteroatoms. The predicted octanol–water partition coefficient (Wildman–Crippen LogP) is 3.68. The summed E-state index contributed by atoms with van der Waals surface area (Å²) in [6, 6.07) is 2.56. The smallest absolute Gasteiger partial charge is 0.310 e. The van der Waals surface area contributed by atoms with Crippen LogP contribution in [0, 0.1) is 11.3 Å². The number of aliphatic carboxylic acids is 1.